The van der Waals surface area contributed by atoms with Crippen molar-refractivity contribution in [3.05, 3.63) is 11.8 Å². The predicted molar refractivity (Wildman–Crippen MR) is 73.0 cm³/mol. The Morgan fingerprint density at radius 3 is 3.06 bits per heavy atom. The number of rotatable bonds is 5. The second-order valence-electron chi connectivity index (χ2n) is 4.72. The van der Waals surface area contributed by atoms with Crippen LogP contribution in [0.25, 0.3) is 0 Å². The molecule has 0 spiro atoms. The van der Waals surface area contributed by atoms with E-state index < -0.39 is 0 Å². The van der Waals surface area contributed by atoms with Gasteiger partial charge in [0.1, 0.15) is 5.82 Å². The van der Waals surface area contributed by atoms with Gasteiger partial charge < -0.3 is 15.4 Å². The summed E-state index contributed by atoms with van der Waals surface area (Å²) in [6, 6.07) is 0. The number of hydrogen-bond acceptors (Lipinski definition) is 5. The van der Waals surface area contributed by atoms with Crippen molar-refractivity contribution in [3.8, 4) is 0 Å². The molecule has 2 N–H and O–H groups in total. The van der Waals surface area contributed by atoms with Crippen LogP contribution in [0.15, 0.2) is 6.20 Å². The minimum atomic E-state index is 0.593. The highest BCUT2D eigenvalue weighted by atomic mass is 16.5. The quantitative estimate of drug-likeness (QED) is 0.837. The molecule has 100 valence electrons. The van der Waals surface area contributed by atoms with Crippen molar-refractivity contribution in [3.63, 3.8) is 0 Å². The SMILES string of the molecule is CCNc1ncc(C)c(NCC2CCCOC2)n1. The maximum absolute atomic E-state index is 5.48. The Balaban J connectivity index is 1.92. The van der Waals surface area contributed by atoms with Gasteiger partial charge in [-0.2, -0.15) is 4.98 Å². The van der Waals surface area contributed by atoms with Crippen LogP contribution >= 0.6 is 0 Å². The molecule has 1 aromatic rings. The van der Waals surface area contributed by atoms with Crippen molar-refractivity contribution in [1.29, 1.82) is 0 Å². The summed E-state index contributed by atoms with van der Waals surface area (Å²) in [5.41, 5.74) is 1.08. The Morgan fingerprint density at radius 2 is 2.33 bits per heavy atom. The van der Waals surface area contributed by atoms with E-state index in [4.69, 9.17) is 4.74 Å². The van der Waals surface area contributed by atoms with Gasteiger partial charge in [0.05, 0.1) is 6.61 Å². The standard InChI is InChI=1S/C13H22N4O/c1-3-14-13-16-7-10(2)12(17-13)15-8-11-5-4-6-18-9-11/h7,11H,3-6,8-9H2,1-2H3,(H2,14,15,16,17). The second-order valence-corrected chi connectivity index (χ2v) is 4.72. The summed E-state index contributed by atoms with van der Waals surface area (Å²) in [6.07, 6.45) is 4.25. The monoisotopic (exact) mass is 250 g/mol. The van der Waals surface area contributed by atoms with Crippen molar-refractivity contribution in [2.45, 2.75) is 26.7 Å². The summed E-state index contributed by atoms with van der Waals surface area (Å²) in [6.45, 7) is 7.58. The zero-order valence-corrected chi connectivity index (χ0v) is 11.2. The van der Waals surface area contributed by atoms with Crippen molar-refractivity contribution in [2.24, 2.45) is 5.92 Å². The molecule has 2 rings (SSSR count). The molecule has 0 aliphatic carbocycles. The zero-order valence-electron chi connectivity index (χ0n) is 11.2. The molecule has 2 heterocycles. The third-order valence-corrected chi connectivity index (χ3v) is 3.12. The number of anilines is 2. The second kappa shape index (κ2) is 6.54. The van der Waals surface area contributed by atoms with Gasteiger partial charge in [0.15, 0.2) is 0 Å². The summed E-state index contributed by atoms with van der Waals surface area (Å²) in [5.74, 6) is 2.20. The van der Waals surface area contributed by atoms with Crippen LogP contribution in [-0.4, -0.2) is 36.3 Å². The Morgan fingerprint density at radius 1 is 1.44 bits per heavy atom. The maximum atomic E-state index is 5.48. The normalized spacial score (nSPS) is 19.6. The smallest absolute Gasteiger partial charge is 0.224 e. The lowest BCUT2D eigenvalue weighted by Crippen LogP contribution is -2.25. The maximum Gasteiger partial charge on any atom is 0.224 e. The van der Waals surface area contributed by atoms with Crippen LogP contribution in [0.5, 0.6) is 0 Å². The van der Waals surface area contributed by atoms with E-state index in [1.807, 2.05) is 20.0 Å². The number of aryl methyl sites for hydroxylation is 1. The van der Waals surface area contributed by atoms with Crippen LogP contribution in [0.3, 0.4) is 0 Å². The minimum Gasteiger partial charge on any atom is -0.381 e. The van der Waals surface area contributed by atoms with E-state index in [0.717, 1.165) is 44.1 Å². The van der Waals surface area contributed by atoms with E-state index in [1.54, 1.807) is 0 Å². The van der Waals surface area contributed by atoms with Gasteiger partial charge in [0.25, 0.3) is 0 Å². The molecule has 5 heteroatoms. The molecular weight excluding hydrogens is 228 g/mol. The summed E-state index contributed by atoms with van der Waals surface area (Å²) < 4.78 is 5.48. The van der Waals surface area contributed by atoms with Crippen LogP contribution in [0.1, 0.15) is 25.3 Å². The molecular formula is C13H22N4O. The molecule has 0 saturated carbocycles. The van der Waals surface area contributed by atoms with Crippen LogP contribution in [0.2, 0.25) is 0 Å². The molecule has 1 unspecified atom stereocenters. The lowest BCUT2D eigenvalue weighted by molar-refractivity contribution is 0.0595. The first-order chi connectivity index (χ1) is 8.79. The fourth-order valence-electron chi connectivity index (χ4n) is 2.07. The van der Waals surface area contributed by atoms with Gasteiger partial charge in [0, 0.05) is 31.5 Å². The predicted octanol–water partition coefficient (Wildman–Crippen LogP) is 2.06. The highest BCUT2D eigenvalue weighted by molar-refractivity contribution is 5.46. The summed E-state index contributed by atoms with van der Waals surface area (Å²) in [7, 11) is 0. The van der Waals surface area contributed by atoms with Gasteiger partial charge in [-0.3, -0.25) is 0 Å². The van der Waals surface area contributed by atoms with E-state index in [-0.39, 0.29) is 0 Å². The molecule has 18 heavy (non-hydrogen) atoms. The highest BCUT2D eigenvalue weighted by Crippen LogP contribution is 2.17. The Labute approximate surface area is 108 Å². The van der Waals surface area contributed by atoms with Crippen LogP contribution in [0.4, 0.5) is 11.8 Å². The first-order valence-electron chi connectivity index (χ1n) is 6.68. The average molecular weight is 250 g/mol. The molecule has 1 fully saturated rings. The summed E-state index contributed by atoms with van der Waals surface area (Å²) >= 11 is 0. The van der Waals surface area contributed by atoms with E-state index in [0.29, 0.717) is 11.9 Å². The molecule has 5 nitrogen and oxygen atoms in total. The lowest BCUT2D eigenvalue weighted by Gasteiger charge is -2.22. The van der Waals surface area contributed by atoms with Gasteiger partial charge in [-0.1, -0.05) is 0 Å². The van der Waals surface area contributed by atoms with Crippen molar-refractivity contribution >= 4 is 11.8 Å². The molecule has 0 aromatic carbocycles. The molecule has 1 aliphatic rings. The first-order valence-corrected chi connectivity index (χ1v) is 6.68. The van der Waals surface area contributed by atoms with Gasteiger partial charge in [-0.15, -0.1) is 0 Å². The molecule has 1 saturated heterocycles. The zero-order chi connectivity index (χ0) is 12.8. The van der Waals surface area contributed by atoms with Crippen molar-refractivity contribution in [2.75, 3.05) is 36.9 Å². The molecule has 1 aliphatic heterocycles. The fourth-order valence-corrected chi connectivity index (χ4v) is 2.07. The fraction of sp³-hybridized carbons (Fsp3) is 0.692. The first kappa shape index (κ1) is 13.1. The molecule has 1 atom stereocenters. The molecule has 0 amide bonds. The Bertz CT molecular complexity index is 377. The van der Waals surface area contributed by atoms with Crippen LogP contribution in [0, 0.1) is 12.8 Å². The van der Waals surface area contributed by atoms with Gasteiger partial charge >= 0.3 is 0 Å². The Kier molecular flexibility index (Phi) is 4.75. The van der Waals surface area contributed by atoms with E-state index in [9.17, 15) is 0 Å². The lowest BCUT2D eigenvalue weighted by atomic mass is 10.0. The largest absolute Gasteiger partial charge is 0.381 e. The summed E-state index contributed by atoms with van der Waals surface area (Å²) in [5, 5.41) is 6.54. The van der Waals surface area contributed by atoms with E-state index in [1.165, 1.54) is 6.42 Å². The van der Waals surface area contributed by atoms with Gasteiger partial charge in [-0.05, 0) is 32.6 Å². The number of nitrogens with one attached hydrogen (secondary N) is 2. The average Bonchev–Trinajstić information content (AvgIpc) is 2.41. The number of ether oxygens (including phenoxy) is 1. The topological polar surface area (TPSA) is 59.1 Å². The Hall–Kier alpha value is -1.36. The minimum absolute atomic E-state index is 0.593. The number of nitrogens with zero attached hydrogens (tertiary/aromatic N) is 2. The molecule has 0 bridgehead atoms. The summed E-state index contributed by atoms with van der Waals surface area (Å²) in [4.78, 5) is 8.71. The third-order valence-electron chi connectivity index (χ3n) is 3.12. The highest BCUT2D eigenvalue weighted by Gasteiger charge is 2.14. The number of aromatic nitrogens is 2. The van der Waals surface area contributed by atoms with Gasteiger partial charge in [-0.25, -0.2) is 4.98 Å². The van der Waals surface area contributed by atoms with E-state index in [2.05, 4.69) is 20.6 Å². The molecule has 1 aromatic heterocycles. The van der Waals surface area contributed by atoms with Crippen molar-refractivity contribution in [1.82, 2.24) is 9.97 Å². The van der Waals surface area contributed by atoms with Gasteiger partial charge in [0.2, 0.25) is 5.95 Å². The third kappa shape index (κ3) is 3.57. The molecule has 0 radical (unpaired) electrons. The van der Waals surface area contributed by atoms with Crippen LogP contribution in [-0.2, 0) is 4.74 Å². The van der Waals surface area contributed by atoms with Crippen molar-refractivity contribution < 1.29 is 4.74 Å². The number of hydrogen-bond donors (Lipinski definition) is 2. The van der Waals surface area contributed by atoms with E-state index >= 15 is 0 Å². The van der Waals surface area contributed by atoms with Crippen LogP contribution < -0.4 is 10.6 Å².